The van der Waals surface area contributed by atoms with Gasteiger partial charge in [-0.3, -0.25) is 9.67 Å². The highest BCUT2D eigenvalue weighted by Crippen LogP contribution is 2.18. The summed E-state index contributed by atoms with van der Waals surface area (Å²) in [5.41, 5.74) is 4.39. The van der Waals surface area contributed by atoms with Gasteiger partial charge < -0.3 is 5.32 Å². The predicted molar refractivity (Wildman–Crippen MR) is 85.2 cm³/mol. The highest BCUT2D eigenvalue weighted by molar-refractivity contribution is 5.61. The predicted octanol–water partition coefficient (Wildman–Crippen LogP) is 3.43. The molecule has 0 aliphatic heterocycles. The maximum Gasteiger partial charge on any atom is 0.0832 e. The number of nitrogens with one attached hydrogen (secondary N) is 1. The summed E-state index contributed by atoms with van der Waals surface area (Å²) in [5.74, 6) is 0. The molecule has 0 spiro atoms. The standard InChI is InChI=1S/C17H18N4/c1-2-18-16-8-9-19-17(10-16)13-21-12-15(11-20-21)14-6-4-3-5-7-14/h3-12H,2,13H2,1H3,(H,18,19). The Morgan fingerprint density at radius 1 is 1.10 bits per heavy atom. The van der Waals surface area contributed by atoms with E-state index in [2.05, 4.69) is 46.7 Å². The third kappa shape index (κ3) is 3.28. The van der Waals surface area contributed by atoms with Crippen molar-refractivity contribution in [3.63, 3.8) is 0 Å². The Morgan fingerprint density at radius 3 is 2.76 bits per heavy atom. The van der Waals surface area contributed by atoms with E-state index in [1.165, 1.54) is 5.56 Å². The molecular weight excluding hydrogens is 260 g/mol. The number of hydrogen-bond donors (Lipinski definition) is 1. The quantitative estimate of drug-likeness (QED) is 0.777. The number of rotatable bonds is 5. The lowest BCUT2D eigenvalue weighted by molar-refractivity contribution is 0.673. The van der Waals surface area contributed by atoms with Crippen molar-refractivity contribution in [3.05, 3.63) is 66.7 Å². The van der Waals surface area contributed by atoms with E-state index in [4.69, 9.17) is 0 Å². The van der Waals surface area contributed by atoms with Crippen molar-refractivity contribution in [3.8, 4) is 11.1 Å². The zero-order chi connectivity index (χ0) is 14.5. The lowest BCUT2D eigenvalue weighted by atomic mass is 10.1. The Bertz CT molecular complexity index is 704. The Morgan fingerprint density at radius 2 is 1.95 bits per heavy atom. The zero-order valence-electron chi connectivity index (χ0n) is 12.0. The summed E-state index contributed by atoms with van der Waals surface area (Å²) in [5, 5.41) is 7.71. The van der Waals surface area contributed by atoms with E-state index in [0.717, 1.165) is 23.5 Å². The number of nitrogens with zero attached hydrogens (tertiary/aromatic N) is 3. The summed E-state index contributed by atoms with van der Waals surface area (Å²) in [4.78, 5) is 4.40. The first-order valence-corrected chi connectivity index (χ1v) is 7.12. The molecular formula is C17H18N4. The molecule has 0 radical (unpaired) electrons. The number of pyridine rings is 1. The van der Waals surface area contributed by atoms with Gasteiger partial charge in [0.2, 0.25) is 0 Å². The van der Waals surface area contributed by atoms with Crippen LogP contribution in [0.3, 0.4) is 0 Å². The third-order valence-corrected chi connectivity index (χ3v) is 3.26. The van der Waals surface area contributed by atoms with E-state index in [-0.39, 0.29) is 0 Å². The van der Waals surface area contributed by atoms with Crippen molar-refractivity contribution in [1.82, 2.24) is 14.8 Å². The largest absolute Gasteiger partial charge is 0.385 e. The molecule has 4 nitrogen and oxygen atoms in total. The second kappa shape index (κ2) is 6.22. The van der Waals surface area contributed by atoms with Crippen LogP contribution in [0.25, 0.3) is 11.1 Å². The Hall–Kier alpha value is -2.62. The number of hydrogen-bond acceptors (Lipinski definition) is 3. The fraction of sp³-hybridized carbons (Fsp3) is 0.176. The van der Waals surface area contributed by atoms with Crippen LogP contribution in [0.15, 0.2) is 61.1 Å². The van der Waals surface area contributed by atoms with Crippen molar-refractivity contribution >= 4 is 5.69 Å². The topological polar surface area (TPSA) is 42.7 Å². The second-order valence-corrected chi connectivity index (χ2v) is 4.86. The number of aromatic nitrogens is 3. The van der Waals surface area contributed by atoms with Crippen molar-refractivity contribution in [2.24, 2.45) is 0 Å². The van der Waals surface area contributed by atoms with Gasteiger partial charge in [-0.05, 0) is 24.6 Å². The minimum Gasteiger partial charge on any atom is -0.385 e. The van der Waals surface area contributed by atoms with Gasteiger partial charge in [-0.15, -0.1) is 0 Å². The van der Waals surface area contributed by atoms with Gasteiger partial charge in [-0.2, -0.15) is 5.10 Å². The molecule has 0 fully saturated rings. The molecule has 0 aliphatic rings. The molecule has 3 rings (SSSR count). The van der Waals surface area contributed by atoms with Gasteiger partial charge in [0.25, 0.3) is 0 Å². The summed E-state index contributed by atoms with van der Waals surface area (Å²) in [6.07, 6.45) is 5.77. The third-order valence-electron chi connectivity index (χ3n) is 3.26. The Labute approximate surface area is 124 Å². The van der Waals surface area contributed by atoms with Crippen LogP contribution < -0.4 is 5.32 Å². The molecule has 4 heteroatoms. The summed E-state index contributed by atoms with van der Waals surface area (Å²) in [7, 11) is 0. The summed E-state index contributed by atoms with van der Waals surface area (Å²) < 4.78 is 1.92. The summed E-state index contributed by atoms with van der Waals surface area (Å²) >= 11 is 0. The molecule has 2 heterocycles. The average molecular weight is 278 g/mol. The molecule has 106 valence electrons. The van der Waals surface area contributed by atoms with E-state index in [0.29, 0.717) is 6.54 Å². The molecule has 21 heavy (non-hydrogen) atoms. The van der Waals surface area contributed by atoms with Crippen LogP contribution in [0.4, 0.5) is 5.69 Å². The lowest BCUT2D eigenvalue weighted by Crippen LogP contribution is -2.03. The van der Waals surface area contributed by atoms with Gasteiger partial charge in [-0.1, -0.05) is 30.3 Å². The first kappa shape index (κ1) is 13.4. The smallest absolute Gasteiger partial charge is 0.0832 e. The van der Waals surface area contributed by atoms with Crippen LogP contribution in [0, 0.1) is 0 Å². The van der Waals surface area contributed by atoms with Crippen molar-refractivity contribution in [2.75, 3.05) is 11.9 Å². The maximum absolute atomic E-state index is 4.42. The fourth-order valence-electron chi connectivity index (χ4n) is 2.27. The normalized spacial score (nSPS) is 10.5. The van der Waals surface area contributed by atoms with E-state index >= 15 is 0 Å². The first-order chi connectivity index (χ1) is 10.3. The molecule has 0 atom stereocenters. The minimum absolute atomic E-state index is 0.673. The lowest BCUT2D eigenvalue weighted by Gasteiger charge is -2.05. The highest BCUT2D eigenvalue weighted by atomic mass is 15.3. The van der Waals surface area contributed by atoms with Gasteiger partial charge in [0, 0.05) is 30.2 Å². The van der Waals surface area contributed by atoms with Gasteiger partial charge in [0.15, 0.2) is 0 Å². The molecule has 0 bridgehead atoms. The van der Waals surface area contributed by atoms with Crippen LogP contribution in [-0.2, 0) is 6.54 Å². The molecule has 0 saturated carbocycles. The summed E-state index contributed by atoms with van der Waals surface area (Å²) in [6.45, 7) is 3.66. The monoisotopic (exact) mass is 278 g/mol. The molecule has 0 unspecified atom stereocenters. The van der Waals surface area contributed by atoms with Crippen LogP contribution in [0.5, 0.6) is 0 Å². The first-order valence-electron chi connectivity index (χ1n) is 7.12. The minimum atomic E-state index is 0.673. The Kier molecular flexibility index (Phi) is 3.96. The molecule has 2 aromatic heterocycles. The SMILES string of the molecule is CCNc1ccnc(Cn2cc(-c3ccccc3)cn2)c1. The summed E-state index contributed by atoms with van der Waals surface area (Å²) in [6, 6.07) is 14.3. The maximum atomic E-state index is 4.42. The molecule has 1 aromatic carbocycles. The molecule has 0 amide bonds. The van der Waals surface area contributed by atoms with Gasteiger partial charge in [0.1, 0.15) is 0 Å². The second-order valence-electron chi connectivity index (χ2n) is 4.86. The van der Waals surface area contributed by atoms with Crippen LogP contribution in [0.1, 0.15) is 12.6 Å². The van der Waals surface area contributed by atoms with E-state index in [1.54, 1.807) is 0 Å². The van der Waals surface area contributed by atoms with E-state index in [9.17, 15) is 0 Å². The van der Waals surface area contributed by atoms with E-state index in [1.807, 2.05) is 41.3 Å². The van der Waals surface area contributed by atoms with Crippen molar-refractivity contribution in [2.45, 2.75) is 13.5 Å². The molecule has 0 saturated heterocycles. The molecule has 0 aliphatic carbocycles. The highest BCUT2D eigenvalue weighted by Gasteiger charge is 2.03. The number of benzene rings is 1. The zero-order valence-corrected chi connectivity index (χ0v) is 12.0. The average Bonchev–Trinajstić information content (AvgIpc) is 2.97. The van der Waals surface area contributed by atoms with E-state index < -0.39 is 0 Å². The molecule has 3 aromatic rings. The Balaban J connectivity index is 1.77. The van der Waals surface area contributed by atoms with Crippen molar-refractivity contribution < 1.29 is 0 Å². The number of anilines is 1. The van der Waals surface area contributed by atoms with Crippen molar-refractivity contribution in [1.29, 1.82) is 0 Å². The van der Waals surface area contributed by atoms with Crippen LogP contribution in [0.2, 0.25) is 0 Å². The van der Waals surface area contributed by atoms with Gasteiger partial charge in [-0.25, -0.2) is 0 Å². The molecule has 1 N–H and O–H groups in total. The van der Waals surface area contributed by atoms with Crippen LogP contribution >= 0.6 is 0 Å². The van der Waals surface area contributed by atoms with Crippen LogP contribution in [-0.4, -0.2) is 21.3 Å². The van der Waals surface area contributed by atoms with Gasteiger partial charge >= 0.3 is 0 Å². The fourth-order valence-corrected chi connectivity index (χ4v) is 2.27. The van der Waals surface area contributed by atoms with Gasteiger partial charge in [0.05, 0.1) is 18.4 Å².